The van der Waals surface area contributed by atoms with Gasteiger partial charge >= 0.3 is 23.3 Å². The summed E-state index contributed by atoms with van der Waals surface area (Å²) in [5, 5.41) is 20.3. The second-order valence-electron chi connectivity index (χ2n) is 5.94. The number of nitrogens with zero attached hydrogens (tertiary/aromatic N) is 4. The smallest absolute Gasteiger partial charge is 0.424 e. The van der Waals surface area contributed by atoms with E-state index in [0.717, 1.165) is 6.07 Å². The van der Waals surface area contributed by atoms with Gasteiger partial charge in [-0.1, -0.05) is 30.3 Å². The number of carboxylic acid groups (broad SMARTS) is 1. The molecule has 0 atom stereocenters. The van der Waals surface area contributed by atoms with E-state index in [-0.39, 0.29) is 30.1 Å². The van der Waals surface area contributed by atoms with Crippen LogP contribution in [0.2, 0.25) is 0 Å². The standard InChI is InChI=1S/C18H18N4O10/c1-29-16-8-14(15(9-17(16)30-2)21(26)32-22(27)28)11-20(31-12-23)19(18(24)25)10-13-6-4-3-5-7-13/h3-9,12H,10-11H2,1-2H3/p+1. The first-order chi connectivity index (χ1) is 15.3. The second-order valence-corrected chi connectivity index (χ2v) is 5.94. The van der Waals surface area contributed by atoms with Crippen molar-refractivity contribution < 1.29 is 44.0 Å². The maximum Gasteiger partial charge on any atom is 0.424 e. The van der Waals surface area contributed by atoms with Crippen molar-refractivity contribution in [3.05, 3.63) is 68.6 Å². The van der Waals surface area contributed by atoms with Gasteiger partial charge in [-0.25, -0.2) is 9.80 Å². The highest BCUT2D eigenvalue weighted by Crippen LogP contribution is 2.35. The van der Waals surface area contributed by atoms with Crippen LogP contribution in [0.1, 0.15) is 11.1 Å². The monoisotopic (exact) mass is 451 g/mol. The fourth-order valence-corrected chi connectivity index (χ4v) is 2.68. The number of ether oxygens (including phenoxy) is 2. The van der Waals surface area contributed by atoms with Gasteiger partial charge in [-0.3, -0.25) is 4.79 Å². The molecule has 0 bridgehead atoms. The van der Waals surface area contributed by atoms with Crippen LogP contribution in [0.3, 0.4) is 0 Å². The highest BCUT2D eigenvalue weighted by atomic mass is 17.0. The lowest BCUT2D eigenvalue weighted by Gasteiger charge is -2.29. The van der Waals surface area contributed by atoms with Crippen LogP contribution in [-0.2, 0) is 27.7 Å². The second kappa shape index (κ2) is 11.1. The first-order valence-electron chi connectivity index (χ1n) is 8.77. The van der Waals surface area contributed by atoms with E-state index in [1.54, 1.807) is 30.3 Å². The maximum atomic E-state index is 12.2. The van der Waals surface area contributed by atoms with Crippen molar-refractivity contribution in [2.24, 2.45) is 0 Å². The van der Waals surface area contributed by atoms with Gasteiger partial charge in [0, 0.05) is 4.94 Å². The van der Waals surface area contributed by atoms with E-state index in [0.29, 0.717) is 15.7 Å². The quantitative estimate of drug-likeness (QED) is 0.286. The van der Waals surface area contributed by atoms with Gasteiger partial charge in [0.25, 0.3) is 4.92 Å². The number of methoxy groups -OCH3 is 2. The van der Waals surface area contributed by atoms with Crippen molar-refractivity contribution in [1.82, 2.24) is 10.2 Å². The number of hydrogen-bond donors (Lipinski definition) is 1. The Labute approximate surface area is 180 Å². The van der Waals surface area contributed by atoms with Crippen molar-refractivity contribution in [3.8, 4) is 11.5 Å². The molecule has 14 heteroatoms. The molecule has 0 aliphatic heterocycles. The third-order valence-corrected chi connectivity index (χ3v) is 4.06. The van der Waals surface area contributed by atoms with E-state index < -0.39 is 28.3 Å². The van der Waals surface area contributed by atoms with Crippen LogP contribution in [0.15, 0.2) is 42.5 Å². The summed E-state index contributed by atoms with van der Waals surface area (Å²) in [6.45, 7) is -0.740. The molecule has 0 saturated heterocycles. The van der Waals surface area contributed by atoms with Crippen LogP contribution in [0.5, 0.6) is 11.5 Å². The molecule has 0 saturated carbocycles. The van der Waals surface area contributed by atoms with E-state index in [4.69, 9.17) is 14.3 Å². The molecule has 170 valence electrons. The Balaban J connectivity index is 2.49. The Morgan fingerprint density at radius 1 is 1.09 bits per heavy atom. The molecule has 0 aromatic heterocycles. The largest absolute Gasteiger partial charge is 0.493 e. The minimum Gasteiger partial charge on any atom is -0.493 e. The highest BCUT2D eigenvalue weighted by molar-refractivity contribution is 5.64. The van der Waals surface area contributed by atoms with Crippen molar-refractivity contribution >= 4 is 18.3 Å². The predicted octanol–water partition coefficient (Wildman–Crippen LogP) is 2.22. The van der Waals surface area contributed by atoms with Crippen LogP contribution in [0.4, 0.5) is 10.5 Å². The highest BCUT2D eigenvalue weighted by Gasteiger charge is 2.32. The van der Waals surface area contributed by atoms with Crippen LogP contribution < -0.4 is 9.47 Å². The molecular formula is C18H19N4O10+. The molecule has 1 N–H and O–H groups in total. The zero-order valence-electron chi connectivity index (χ0n) is 16.9. The number of hydrogen-bond acceptors (Lipinski definition) is 10. The molecule has 0 fully saturated rings. The lowest BCUT2D eigenvalue weighted by molar-refractivity contribution is -1.02. The molecule has 1 amide bonds. The summed E-state index contributed by atoms with van der Waals surface area (Å²) < 4.78 is 10.2. The fraction of sp³-hybridized carbons (Fsp3) is 0.222. The zero-order chi connectivity index (χ0) is 23.7. The van der Waals surface area contributed by atoms with Gasteiger partial charge < -0.3 is 19.4 Å². The first kappa shape index (κ1) is 23.8. The average Bonchev–Trinajstić information content (AvgIpc) is 2.76. The first-order valence-corrected chi connectivity index (χ1v) is 8.77. The number of carbonyl (C=O) groups excluding carboxylic acids is 1. The Hall–Kier alpha value is -4.46. The molecular weight excluding hydrogens is 432 g/mol. The molecule has 0 aliphatic rings. The molecule has 0 spiro atoms. The summed E-state index contributed by atoms with van der Waals surface area (Å²) in [4.78, 5) is 54.1. The SMILES string of the molecule is COc1cc(CN(OC=O)N(Cc2ccccc2)C(=O)O)c([N+](=O)O[N+](=O)[O-])cc1OC. The van der Waals surface area contributed by atoms with Gasteiger partial charge in [-0.05, 0) is 16.8 Å². The molecule has 0 aliphatic carbocycles. The van der Waals surface area contributed by atoms with E-state index in [1.165, 1.54) is 20.3 Å². The van der Waals surface area contributed by atoms with Gasteiger partial charge in [0.05, 0.1) is 43.8 Å². The summed E-state index contributed by atoms with van der Waals surface area (Å²) in [6, 6.07) is 10.8. The third kappa shape index (κ3) is 6.02. The third-order valence-electron chi connectivity index (χ3n) is 4.06. The Kier molecular flexibility index (Phi) is 8.24. The number of amides is 1. The molecule has 0 radical (unpaired) electrons. The van der Waals surface area contributed by atoms with Crippen LogP contribution >= 0.6 is 0 Å². The lowest BCUT2D eigenvalue weighted by atomic mass is 10.1. The molecule has 2 rings (SSSR count). The number of carbonyl (C=O) groups is 2. The normalized spacial score (nSPS) is 10.2. The van der Waals surface area contributed by atoms with E-state index in [1.807, 2.05) is 0 Å². The zero-order valence-corrected chi connectivity index (χ0v) is 16.9. The van der Waals surface area contributed by atoms with Crippen molar-refractivity contribution in [2.75, 3.05) is 14.2 Å². The van der Waals surface area contributed by atoms with Crippen LogP contribution in [0, 0.1) is 15.0 Å². The number of hydrazine groups is 1. The summed E-state index contributed by atoms with van der Waals surface area (Å²) in [5.41, 5.74) is 0.119. The minimum atomic E-state index is -1.47. The lowest BCUT2D eigenvalue weighted by Crippen LogP contribution is -2.44. The van der Waals surface area contributed by atoms with Crippen molar-refractivity contribution in [1.29, 1.82) is 0 Å². The molecule has 0 unspecified atom stereocenters. The van der Waals surface area contributed by atoms with Gasteiger partial charge in [0.2, 0.25) is 0 Å². The molecule has 32 heavy (non-hydrogen) atoms. The Morgan fingerprint density at radius 3 is 2.25 bits per heavy atom. The summed E-state index contributed by atoms with van der Waals surface area (Å²) >= 11 is 0. The van der Waals surface area contributed by atoms with Gasteiger partial charge in [-0.2, -0.15) is 0 Å². The molecule has 14 nitrogen and oxygen atoms in total. The Morgan fingerprint density at radius 2 is 1.72 bits per heavy atom. The topological polar surface area (TPSA) is 161 Å². The van der Waals surface area contributed by atoms with E-state index in [9.17, 15) is 29.7 Å². The molecule has 2 aromatic rings. The van der Waals surface area contributed by atoms with Crippen molar-refractivity contribution in [3.63, 3.8) is 0 Å². The number of hydroxylamine groups is 1. The van der Waals surface area contributed by atoms with E-state index in [2.05, 4.69) is 4.94 Å². The molecule has 2 aromatic carbocycles. The van der Waals surface area contributed by atoms with Crippen LogP contribution in [-0.4, -0.2) is 52.1 Å². The van der Waals surface area contributed by atoms with Crippen molar-refractivity contribution in [2.45, 2.75) is 13.1 Å². The van der Waals surface area contributed by atoms with Gasteiger partial charge in [-0.15, -0.1) is 10.1 Å². The fourth-order valence-electron chi connectivity index (χ4n) is 2.68. The Bertz CT molecular complexity index is 985. The number of benzene rings is 2. The van der Waals surface area contributed by atoms with Gasteiger partial charge in [0.1, 0.15) is 0 Å². The summed E-state index contributed by atoms with van der Waals surface area (Å²) in [6.07, 6.45) is -1.47. The average molecular weight is 451 g/mol. The van der Waals surface area contributed by atoms with E-state index >= 15 is 0 Å². The maximum absolute atomic E-state index is 12.2. The van der Waals surface area contributed by atoms with Crippen LogP contribution in [0.25, 0.3) is 0 Å². The van der Waals surface area contributed by atoms with Gasteiger partial charge in [0.15, 0.2) is 11.5 Å². The molecule has 0 heterocycles. The predicted molar refractivity (Wildman–Crippen MR) is 104 cm³/mol. The number of rotatable bonds is 12. The summed E-state index contributed by atoms with van der Waals surface area (Å²) in [5.74, 6) is 0.165. The summed E-state index contributed by atoms with van der Waals surface area (Å²) in [7, 11) is 2.58. The minimum absolute atomic E-state index is 0.0101.